The second-order valence-electron chi connectivity index (χ2n) is 6.21. The summed E-state index contributed by atoms with van der Waals surface area (Å²) < 4.78 is 18.6. The lowest BCUT2D eigenvalue weighted by Gasteiger charge is -2.34. The van der Waals surface area contributed by atoms with Gasteiger partial charge in [0.15, 0.2) is 0 Å². The lowest BCUT2D eigenvalue weighted by molar-refractivity contribution is 0.0121. The second kappa shape index (κ2) is 5.64. The van der Waals surface area contributed by atoms with E-state index in [4.69, 9.17) is 4.74 Å². The Labute approximate surface area is 124 Å². The molecule has 0 radical (unpaired) electrons. The fourth-order valence-electron chi connectivity index (χ4n) is 3.26. The van der Waals surface area contributed by atoms with Crippen LogP contribution in [-0.4, -0.2) is 36.2 Å². The molecule has 3 rings (SSSR count). The van der Waals surface area contributed by atoms with E-state index in [0.29, 0.717) is 19.0 Å². The molecule has 4 nitrogen and oxygen atoms in total. The molecule has 2 aliphatic rings. The number of nitrogens with zero attached hydrogens (tertiary/aromatic N) is 1. The van der Waals surface area contributed by atoms with Crippen molar-refractivity contribution in [3.63, 3.8) is 0 Å². The predicted octanol–water partition coefficient (Wildman–Crippen LogP) is 2.54. The molecular weight excluding hydrogens is 271 g/mol. The van der Waals surface area contributed by atoms with Crippen molar-refractivity contribution in [3.05, 3.63) is 35.6 Å². The van der Waals surface area contributed by atoms with E-state index in [9.17, 15) is 9.18 Å². The van der Waals surface area contributed by atoms with Gasteiger partial charge in [-0.25, -0.2) is 9.18 Å². The first-order chi connectivity index (χ1) is 10.1. The number of carbonyl (C=O) groups excluding carboxylic acids is 1. The Morgan fingerprint density at radius 2 is 2.19 bits per heavy atom. The number of halogens is 1. The average Bonchev–Trinajstić information content (AvgIpc) is 2.78. The van der Waals surface area contributed by atoms with Gasteiger partial charge in [0.2, 0.25) is 0 Å². The molecule has 2 atom stereocenters. The molecule has 0 bridgehead atoms. The number of piperidine rings is 1. The number of carbonyl (C=O) groups is 1. The van der Waals surface area contributed by atoms with Gasteiger partial charge in [-0.1, -0.05) is 12.1 Å². The number of nitrogens with one attached hydrogen (secondary N) is 1. The van der Waals surface area contributed by atoms with Gasteiger partial charge in [0, 0.05) is 19.0 Å². The Morgan fingerprint density at radius 3 is 2.86 bits per heavy atom. The number of ether oxygens (including phenoxy) is 1. The predicted molar refractivity (Wildman–Crippen MR) is 77.3 cm³/mol. The molecule has 0 saturated carbocycles. The van der Waals surface area contributed by atoms with E-state index < -0.39 is 5.60 Å². The van der Waals surface area contributed by atoms with Crippen LogP contribution in [0.2, 0.25) is 0 Å². The molecule has 114 valence electrons. The highest BCUT2D eigenvalue weighted by atomic mass is 19.1. The summed E-state index contributed by atoms with van der Waals surface area (Å²) in [7, 11) is 0. The van der Waals surface area contributed by atoms with E-state index in [2.05, 4.69) is 5.32 Å². The van der Waals surface area contributed by atoms with E-state index in [1.54, 1.807) is 17.0 Å². The van der Waals surface area contributed by atoms with E-state index in [0.717, 1.165) is 31.5 Å². The maximum atomic E-state index is 12.9. The lowest BCUT2D eigenvalue weighted by Crippen LogP contribution is -2.46. The third kappa shape index (κ3) is 3.02. The number of cyclic esters (lactones) is 1. The van der Waals surface area contributed by atoms with Crippen LogP contribution >= 0.6 is 0 Å². The van der Waals surface area contributed by atoms with Crippen LogP contribution in [0.25, 0.3) is 0 Å². The number of rotatable bonds is 3. The first-order valence-corrected chi connectivity index (χ1v) is 7.50. The fraction of sp³-hybridized carbons (Fsp3) is 0.562. The molecule has 21 heavy (non-hydrogen) atoms. The zero-order valence-electron chi connectivity index (χ0n) is 12.3. The summed E-state index contributed by atoms with van der Waals surface area (Å²) in [6.45, 7) is 5.02. The van der Waals surface area contributed by atoms with Gasteiger partial charge in [0.25, 0.3) is 0 Å². The van der Waals surface area contributed by atoms with Crippen LogP contribution in [0.1, 0.15) is 25.3 Å². The number of hydrogen-bond donors (Lipinski definition) is 1. The molecule has 2 unspecified atom stereocenters. The Morgan fingerprint density at radius 1 is 1.43 bits per heavy atom. The van der Waals surface area contributed by atoms with E-state index in [-0.39, 0.29) is 11.9 Å². The highest BCUT2D eigenvalue weighted by Crippen LogP contribution is 2.34. The van der Waals surface area contributed by atoms with Gasteiger partial charge in [-0.2, -0.15) is 0 Å². The van der Waals surface area contributed by atoms with Crippen molar-refractivity contribution in [2.45, 2.75) is 31.9 Å². The van der Waals surface area contributed by atoms with Gasteiger partial charge in [-0.05, 0) is 44.0 Å². The molecule has 2 heterocycles. The van der Waals surface area contributed by atoms with Crippen molar-refractivity contribution in [1.29, 1.82) is 0 Å². The monoisotopic (exact) mass is 292 g/mol. The highest BCUT2D eigenvalue weighted by Gasteiger charge is 2.46. The van der Waals surface area contributed by atoms with Crippen molar-refractivity contribution >= 4 is 6.09 Å². The summed E-state index contributed by atoms with van der Waals surface area (Å²) in [5, 5.41) is 3.37. The largest absolute Gasteiger partial charge is 0.441 e. The SMILES string of the molecule is CC1(C2CCCNC2)CN(Cc2ccc(F)cc2)C(=O)O1. The third-order valence-electron chi connectivity index (χ3n) is 4.53. The summed E-state index contributed by atoms with van der Waals surface area (Å²) >= 11 is 0. The first kappa shape index (κ1) is 14.3. The van der Waals surface area contributed by atoms with Crippen molar-refractivity contribution in [2.24, 2.45) is 5.92 Å². The molecule has 1 aromatic rings. The maximum absolute atomic E-state index is 12.9. The smallest absolute Gasteiger partial charge is 0.410 e. The quantitative estimate of drug-likeness (QED) is 0.931. The average molecular weight is 292 g/mol. The van der Waals surface area contributed by atoms with Crippen LogP contribution < -0.4 is 5.32 Å². The molecule has 5 heteroatoms. The molecule has 2 saturated heterocycles. The standard InChI is InChI=1S/C16H21FN2O2/c1-16(13-3-2-8-18-9-13)11-19(15(20)21-16)10-12-4-6-14(17)7-5-12/h4-7,13,18H,2-3,8-11H2,1H3. The maximum Gasteiger partial charge on any atom is 0.410 e. The lowest BCUT2D eigenvalue weighted by atomic mass is 9.83. The van der Waals surface area contributed by atoms with Crippen LogP contribution in [0.4, 0.5) is 9.18 Å². The Kier molecular flexibility index (Phi) is 3.85. The Balaban J connectivity index is 1.67. The van der Waals surface area contributed by atoms with Gasteiger partial charge in [0.1, 0.15) is 11.4 Å². The number of hydrogen-bond acceptors (Lipinski definition) is 3. The summed E-state index contributed by atoms with van der Waals surface area (Å²) in [5.41, 5.74) is 0.490. The molecule has 0 aromatic heterocycles. The van der Waals surface area contributed by atoms with Gasteiger partial charge in [-0.15, -0.1) is 0 Å². The molecule has 2 aliphatic heterocycles. The second-order valence-corrected chi connectivity index (χ2v) is 6.21. The van der Waals surface area contributed by atoms with Crippen LogP contribution in [0.3, 0.4) is 0 Å². The molecule has 1 amide bonds. The summed E-state index contributed by atoms with van der Waals surface area (Å²) in [6, 6.07) is 6.25. The zero-order valence-corrected chi connectivity index (χ0v) is 12.3. The summed E-state index contributed by atoms with van der Waals surface area (Å²) in [4.78, 5) is 13.8. The van der Waals surface area contributed by atoms with Crippen molar-refractivity contribution in [3.8, 4) is 0 Å². The van der Waals surface area contributed by atoms with Gasteiger partial charge >= 0.3 is 6.09 Å². The molecule has 0 aliphatic carbocycles. The Bertz CT molecular complexity index is 514. The number of benzene rings is 1. The molecular formula is C16H21FN2O2. The fourth-order valence-corrected chi connectivity index (χ4v) is 3.26. The van der Waals surface area contributed by atoms with E-state index in [1.807, 2.05) is 6.92 Å². The van der Waals surface area contributed by atoms with Crippen LogP contribution in [-0.2, 0) is 11.3 Å². The normalized spacial score (nSPS) is 29.5. The molecule has 1 N–H and O–H groups in total. The van der Waals surface area contributed by atoms with Crippen molar-refractivity contribution in [1.82, 2.24) is 10.2 Å². The zero-order chi connectivity index (χ0) is 14.9. The van der Waals surface area contributed by atoms with Crippen LogP contribution in [0, 0.1) is 11.7 Å². The van der Waals surface area contributed by atoms with E-state index >= 15 is 0 Å². The first-order valence-electron chi connectivity index (χ1n) is 7.50. The summed E-state index contributed by atoms with van der Waals surface area (Å²) in [5.74, 6) is 0.0919. The van der Waals surface area contributed by atoms with Crippen molar-refractivity contribution < 1.29 is 13.9 Å². The van der Waals surface area contributed by atoms with Gasteiger partial charge in [0.05, 0.1) is 6.54 Å². The molecule has 1 aromatic carbocycles. The van der Waals surface area contributed by atoms with Crippen molar-refractivity contribution in [2.75, 3.05) is 19.6 Å². The van der Waals surface area contributed by atoms with Gasteiger partial charge < -0.3 is 10.1 Å². The molecule has 0 spiro atoms. The van der Waals surface area contributed by atoms with Crippen LogP contribution in [0.15, 0.2) is 24.3 Å². The molecule has 2 fully saturated rings. The third-order valence-corrected chi connectivity index (χ3v) is 4.53. The van der Waals surface area contributed by atoms with Crippen LogP contribution in [0.5, 0.6) is 0 Å². The minimum atomic E-state index is -0.426. The minimum Gasteiger partial charge on any atom is -0.441 e. The Hall–Kier alpha value is -1.62. The number of amides is 1. The van der Waals surface area contributed by atoms with Gasteiger partial charge in [-0.3, -0.25) is 4.90 Å². The van der Waals surface area contributed by atoms with E-state index in [1.165, 1.54) is 12.1 Å². The topological polar surface area (TPSA) is 41.6 Å². The highest BCUT2D eigenvalue weighted by molar-refractivity contribution is 5.70. The minimum absolute atomic E-state index is 0.263. The summed E-state index contributed by atoms with van der Waals surface area (Å²) in [6.07, 6.45) is 1.93.